The zero-order valence-corrected chi connectivity index (χ0v) is 16.1. The normalized spacial score (nSPS) is 17.6. The number of carbonyl (C=O) groups excluding carboxylic acids is 1. The molecule has 28 heavy (non-hydrogen) atoms. The van der Waals surface area contributed by atoms with E-state index in [4.69, 9.17) is 4.74 Å². The zero-order valence-electron chi connectivity index (χ0n) is 16.1. The third kappa shape index (κ3) is 3.52. The Morgan fingerprint density at radius 3 is 2.96 bits per heavy atom. The number of aromatic nitrogens is 2. The van der Waals surface area contributed by atoms with Crippen LogP contribution in [0.25, 0.3) is 10.9 Å². The number of rotatable bonds is 3. The van der Waals surface area contributed by atoms with Gasteiger partial charge in [0.05, 0.1) is 17.2 Å². The molecule has 0 aliphatic carbocycles. The minimum Gasteiger partial charge on any atom is -0.487 e. The molecule has 1 aliphatic rings. The standard InChI is InChI=1S/C21H23FN4O2/c1-4-26-12-15-16(6-5-7-17(15)25-26)23-20(27)24-18-11-21(2,3)28-19-10-13(22)8-9-14(18)19/h5-10,12,18H,4,11H2,1-3H3,(H2,23,24,27). The van der Waals surface area contributed by atoms with Gasteiger partial charge in [0.15, 0.2) is 0 Å². The number of fused-ring (bicyclic) bond motifs is 2. The van der Waals surface area contributed by atoms with Gasteiger partial charge in [-0.1, -0.05) is 12.1 Å². The van der Waals surface area contributed by atoms with Crippen molar-refractivity contribution < 1.29 is 13.9 Å². The Morgan fingerprint density at radius 1 is 1.36 bits per heavy atom. The van der Waals surface area contributed by atoms with Crippen LogP contribution in [0.1, 0.15) is 38.8 Å². The molecule has 2 heterocycles. The molecule has 7 heteroatoms. The van der Waals surface area contributed by atoms with E-state index in [0.717, 1.165) is 23.0 Å². The second-order valence-corrected chi connectivity index (χ2v) is 7.62. The molecular formula is C21H23FN4O2. The van der Waals surface area contributed by atoms with Gasteiger partial charge in [0.25, 0.3) is 0 Å². The predicted octanol–water partition coefficient (Wildman–Crippen LogP) is 4.62. The number of hydrogen-bond donors (Lipinski definition) is 2. The van der Waals surface area contributed by atoms with Crippen LogP contribution in [0.3, 0.4) is 0 Å². The SMILES string of the molecule is CCn1cc2c(NC(=O)NC3CC(C)(C)Oc4cc(F)ccc43)cccc2n1. The number of amides is 2. The van der Waals surface area contributed by atoms with Crippen molar-refractivity contribution in [3.63, 3.8) is 0 Å². The molecule has 0 spiro atoms. The molecular weight excluding hydrogens is 359 g/mol. The summed E-state index contributed by atoms with van der Waals surface area (Å²) in [6, 6.07) is 9.43. The summed E-state index contributed by atoms with van der Waals surface area (Å²) in [5.41, 5.74) is 1.78. The van der Waals surface area contributed by atoms with Gasteiger partial charge in [-0.05, 0) is 39.0 Å². The lowest BCUT2D eigenvalue weighted by molar-refractivity contribution is 0.0678. The summed E-state index contributed by atoms with van der Waals surface area (Å²) >= 11 is 0. The Bertz CT molecular complexity index is 1040. The Kier molecular flexibility index (Phi) is 4.45. The van der Waals surface area contributed by atoms with E-state index in [1.165, 1.54) is 12.1 Å². The number of carbonyl (C=O) groups is 1. The highest BCUT2D eigenvalue weighted by atomic mass is 19.1. The number of anilines is 1. The summed E-state index contributed by atoms with van der Waals surface area (Å²) in [6.07, 6.45) is 2.50. The molecule has 0 saturated carbocycles. The van der Waals surface area contributed by atoms with Crippen LogP contribution in [0.2, 0.25) is 0 Å². The number of nitrogens with zero attached hydrogens (tertiary/aromatic N) is 2. The second-order valence-electron chi connectivity index (χ2n) is 7.62. The van der Waals surface area contributed by atoms with E-state index in [2.05, 4.69) is 15.7 Å². The van der Waals surface area contributed by atoms with E-state index in [1.807, 2.05) is 49.8 Å². The van der Waals surface area contributed by atoms with Crippen LogP contribution in [-0.2, 0) is 6.54 Å². The topological polar surface area (TPSA) is 68.2 Å². The molecule has 2 N–H and O–H groups in total. The van der Waals surface area contributed by atoms with Crippen molar-refractivity contribution in [2.75, 3.05) is 5.32 Å². The number of aryl methyl sites for hydroxylation is 1. The fraction of sp³-hybridized carbons (Fsp3) is 0.333. The van der Waals surface area contributed by atoms with Crippen LogP contribution in [0.4, 0.5) is 14.9 Å². The van der Waals surface area contributed by atoms with E-state index in [-0.39, 0.29) is 17.9 Å². The van der Waals surface area contributed by atoms with E-state index in [1.54, 1.807) is 6.07 Å². The quantitative estimate of drug-likeness (QED) is 0.695. The Labute approximate surface area is 162 Å². The lowest BCUT2D eigenvalue weighted by atomic mass is 9.90. The molecule has 1 aromatic heterocycles. The van der Waals surface area contributed by atoms with Crippen LogP contribution >= 0.6 is 0 Å². The smallest absolute Gasteiger partial charge is 0.319 e. The van der Waals surface area contributed by atoms with Gasteiger partial charge in [0.1, 0.15) is 17.2 Å². The zero-order chi connectivity index (χ0) is 19.9. The summed E-state index contributed by atoms with van der Waals surface area (Å²) in [5.74, 6) is 0.104. The number of urea groups is 1. The fourth-order valence-corrected chi connectivity index (χ4v) is 3.63. The van der Waals surface area contributed by atoms with Crippen molar-refractivity contribution in [1.29, 1.82) is 0 Å². The summed E-state index contributed by atoms with van der Waals surface area (Å²) in [7, 11) is 0. The third-order valence-corrected chi connectivity index (χ3v) is 4.91. The average molecular weight is 382 g/mol. The highest BCUT2D eigenvalue weighted by Crippen LogP contribution is 2.39. The van der Waals surface area contributed by atoms with Crippen LogP contribution in [0, 0.1) is 5.82 Å². The first-order chi connectivity index (χ1) is 13.3. The van der Waals surface area contributed by atoms with E-state index in [0.29, 0.717) is 17.9 Å². The molecule has 0 saturated heterocycles. The Hall–Kier alpha value is -3.09. The monoisotopic (exact) mass is 382 g/mol. The maximum atomic E-state index is 13.6. The maximum absolute atomic E-state index is 13.6. The van der Waals surface area contributed by atoms with Gasteiger partial charge in [-0.3, -0.25) is 4.68 Å². The Balaban J connectivity index is 1.57. The Morgan fingerprint density at radius 2 is 2.18 bits per heavy atom. The van der Waals surface area contributed by atoms with Crippen LogP contribution in [-0.4, -0.2) is 21.4 Å². The average Bonchev–Trinajstić information content (AvgIpc) is 3.04. The lowest BCUT2D eigenvalue weighted by Gasteiger charge is -2.37. The second kappa shape index (κ2) is 6.82. The molecule has 2 aromatic carbocycles. The summed E-state index contributed by atoms with van der Waals surface area (Å²) in [6.45, 7) is 6.62. The third-order valence-electron chi connectivity index (χ3n) is 4.91. The first-order valence-electron chi connectivity index (χ1n) is 9.37. The molecule has 1 aliphatic heterocycles. The van der Waals surface area contributed by atoms with Crippen molar-refractivity contribution in [1.82, 2.24) is 15.1 Å². The van der Waals surface area contributed by atoms with E-state index in [9.17, 15) is 9.18 Å². The van der Waals surface area contributed by atoms with E-state index >= 15 is 0 Å². The van der Waals surface area contributed by atoms with Gasteiger partial charge < -0.3 is 15.4 Å². The highest BCUT2D eigenvalue weighted by molar-refractivity contribution is 6.00. The fourth-order valence-electron chi connectivity index (χ4n) is 3.63. The number of benzene rings is 2. The summed E-state index contributed by atoms with van der Waals surface area (Å²) < 4.78 is 21.3. The molecule has 0 radical (unpaired) electrons. The number of ether oxygens (including phenoxy) is 1. The van der Waals surface area contributed by atoms with Gasteiger partial charge in [-0.15, -0.1) is 0 Å². The minimum absolute atomic E-state index is 0.281. The van der Waals surface area contributed by atoms with Crippen LogP contribution < -0.4 is 15.4 Å². The van der Waals surface area contributed by atoms with Crippen LogP contribution in [0.15, 0.2) is 42.6 Å². The number of hydrogen-bond acceptors (Lipinski definition) is 3. The summed E-state index contributed by atoms with van der Waals surface area (Å²) in [4.78, 5) is 12.7. The van der Waals surface area contributed by atoms with Gasteiger partial charge in [0.2, 0.25) is 0 Å². The van der Waals surface area contributed by atoms with Crippen molar-refractivity contribution >= 4 is 22.6 Å². The number of nitrogens with one attached hydrogen (secondary N) is 2. The van der Waals surface area contributed by atoms with Crippen LogP contribution in [0.5, 0.6) is 5.75 Å². The lowest BCUT2D eigenvalue weighted by Crippen LogP contribution is -2.42. The van der Waals surface area contributed by atoms with Gasteiger partial charge in [0, 0.05) is 36.2 Å². The van der Waals surface area contributed by atoms with E-state index < -0.39 is 5.60 Å². The van der Waals surface area contributed by atoms with Crippen molar-refractivity contribution in [3.05, 3.63) is 54.0 Å². The molecule has 4 rings (SSSR count). The largest absolute Gasteiger partial charge is 0.487 e. The number of halogens is 1. The minimum atomic E-state index is -0.513. The molecule has 3 aromatic rings. The first kappa shape index (κ1) is 18.3. The highest BCUT2D eigenvalue weighted by Gasteiger charge is 2.34. The molecule has 1 atom stereocenters. The molecule has 6 nitrogen and oxygen atoms in total. The van der Waals surface area contributed by atoms with Gasteiger partial charge in [-0.25, -0.2) is 9.18 Å². The molecule has 2 amide bonds. The molecule has 146 valence electrons. The van der Waals surface area contributed by atoms with Crippen molar-refractivity contribution in [2.24, 2.45) is 0 Å². The van der Waals surface area contributed by atoms with Crippen molar-refractivity contribution in [3.8, 4) is 5.75 Å². The van der Waals surface area contributed by atoms with Gasteiger partial charge in [-0.2, -0.15) is 5.10 Å². The maximum Gasteiger partial charge on any atom is 0.319 e. The first-order valence-corrected chi connectivity index (χ1v) is 9.37. The van der Waals surface area contributed by atoms with Crippen molar-refractivity contribution in [2.45, 2.75) is 45.4 Å². The van der Waals surface area contributed by atoms with Gasteiger partial charge >= 0.3 is 6.03 Å². The molecule has 0 bridgehead atoms. The summed E-state index contributed by atoms with van der Waals surface area (Å²) in [5, 5.41) is 11.3. The molecule has 1 unspecified atom stereocenters. The molecule has 0 fully saturated rings. The predicted molar refractivity (Wildman–Crippen MR) is 106 cm³/mol.